The number of methoxy groups -OCH3 is 2. The Morgan fingerprint density at radius 3 is 2.72 bits per heavy atom. The first kappa shape index (κ1) is 12.4. The van der Waals surface area contributed by atoms with E-state index < -0.39 is 0 Å². The molecule has 0 radical (unpaired) electrons. The van der Waals surface area contributed by atoms with Gasteiger partial charge >= 0.3 is 0 Å². The Kier molecular flexibility index (Phi) is 3.52. The van der Waals surface area contributed by atoms with E-state index in [2.05, 4.69) is 15.6 Å². The zero-order valence-corrected chi connectivity index (χ0v) is 10.9. The number of benzene rings is 1. The Morgan fingerprint density at radius 2 is 2.11 bits per heavy atom. The zero-order chi connectivity index (χ0) is 13.1. The first-order valence-electron chi connectivity index (χ1n) is 5.26. The van der Waals surface area contributed by atoms with Crippen LogP contribution < -0.4 is 25.8 Å². The summed E-state index contributed by atoms with van der Waals surface area (Å²) in [7, 11) is 3.20. The van der Waals surface area contributed by atoms with Gasteiger partial charge in [0.05, 0.1) is 14.2 Å². The molecule has 0 saturated heterocycles. The van der Waals surface area contributed by atoms with E-state index in [4.69, 9.17) is 27.4 Å². The van der Waals surface area contributed by atoms with Crippen LogP contribution in [-0.2, 0) is 0 Å². The molecule has 4 N–H and O–H groups in total. The smallest absolute Gasteiger partial charge is 0.197 e. The van der Waals surface area contributed by atoms with Crippen LogP contribution in [-0.4, -0.2) is 25.3 Å². The average Bonchev–Trinajstić information content (AvgIpc) is 2.36. The highest BCUT2D eigenvalue weighted by molar-refractivity contribution is 7.80. The molecule has 6 nitrogen and oxygen atoms in total. The van der Waals surface area contributed by atoms with Gasteiger partial charge in [-0.15, -0.1) is 0 Å². The predicted octanol–water partition coefficient (Wildman–Crippen LogP) is 0.495. The van der Waals surface area contributed by atoms with Crippen molar-refractivity contribution in [2.75, 3.05) is 14.2 Å². The highest BCUT2D eigenvalue weighted by Gasteiger charge is 2.21. The Bertz CT molecular complexity index is 504. The number of ether oxygens (including phenoxy) is 2. The van der Waals surface area contributed by atoms with E-state index in [1.165, 1.54) is 0 Å². The molecule has 0 aromatic heterocycles. The Labute approximate surface area is 110 Å². The number of thiocarbonyl (C=S) groups is 1. The third kappa shape index (κ3) is 2.45. The summed E-state index contributed by atoms with van der Waals surface area (Å²) in [5.41, 5.74) is 6.46. The lowest BCUT2D eigenvalue weighted by molar-refractivity contribution is 0.393. The van der Waals surface area contributed by atoms with E-state index in [1.807, 2.05) is 18.2 Å². The molecule has 1 aromatic carbocycles. The van der Waals surface area contributed by atoms with Crippen LogP contribution >= 0.6 is 12.2 Å². The second kappa shape index (κ2) is 5.09. The summed E-state index contributed by atoms with van der Waals surface area (Å²) >= 11 is 5.05. The van der Waals surface area contributed by atoms with Crippen molar-refractivity contribution in [2.24, 2.45) is 10.7 Å². The molecule has 0 unspecified atom stereocenters. The molecule has 18 heavy (non-hydrogen) atoms. The summed E-state index contributed by atoms with van der Waals surface area (Å²) in [5.74, 6) is 1.67. The highest BCUT2D eigenvalue weighted by Crippen LogP contribution is 2.30. The highest BCUT2D eigenvalue weighted by atomic mass is 32.1. The lowest BCUT2D eigenvalue weighted by atomic mass is 10.1. The lowest BCUT2D eigenvalue weighted by Crippen LogP contribution is -2.49. The van der Waals surface area contributed by atoms with E-state index in [0.29, 0.717) is 16.6 Å². The maximum absolute atomic E-state index is 5.65. The second-order valence-corrected chi connectivity index (χ2v) is 4.03. The summed E-state index contributed by atoms with van der Waals surface area (Å²) in [6.07, 6.45) is -0.385. The lowest BCUT2D eigenvalue weighted by Gasteiger charge is -2.24. The number of nitrogens with two attached hydrogens (primary N) is 1. The van der Waals surface area contributed by atoms with Gasteiger partial charge in [-0.05, 0) is 30.4 Å². The molecule has 0 saturated carbocycles. The fourth-order valence-electron chi connectivity index (χ4n) is 1.68. The van der Waals surface area contributed by atoms with E-state index in [0.717, 1.165) is 5.56 Å². The molecular formula is C11H14N4O2S. The summed E-state index contributed by atoms with van der Waals surface area (Å²) in [6, 6.07) is 5.46. The van der Waals surface area contributed by atoms with Crippen LogP contribution in [0.3, 0.4) is 0 Å². The number of aliphatic imine (C=N–C) groups is 1. The van der Waals surface area contributed by atoms with Crippen molar-refractivity contribution >= 4 is 23.3 Å². The second-order valence-electron chi connectivity index (χ2n) is 3.62. The molecule has 1 heterocycles. The number of nitrogens with zero attached hydrogens (tertiary/aromatic N) is 1. The SMILES string of the molecule is COc1ccc(OC)c([C@@H]2N=C(N)NC(=S)N2)c1. The van der Waals surface area contributed by atoms with Crippen LogP contribution in [0, 0.1) is 0 Å². The van der Waals surface area contributed by atoms with Gasteiger partial charge in [0.2, 0.25) is 0 Å². The van der Waals surface area contributed by atoms with Gasteiger partial charge in [-0.1, -0.05) is 0 Å². The van der Waals surface area contributed by atoms with Crippen LogP contribution in [0.25, 0.3) is 0 Å². The Hall–Kier alpha value is -2.02. The van der Waals surface area contributed by atoms with Crippen molar-refractivity contribution in [1.29, 1.82) is 0 Å². The largest absolute Gasteiger partial charge is 0.497 e. The average molecular weight is 266 g/mol. The number of guanidine groups is 1. The van der Waals surface area contributed by atoms with Crippen LogP contribution in [0.2, 0.25) is 0 Å². The maximum Gasteiger partial charge on any atom is 0.197 e. The third-order valence-electron chi connectivity index (χ3n) is 2.51. The standard InChI is InChI=1S/C11H14N4O2S/c1-16-6-3-4-8(17-2)7(5-6)9-13-10(12)15-11(18)14-9/h3-5,9H,1-2H3,(H4,12,13,14,15,18)/t9-/m1/s1. The fraction of sp³-hybridized carbons (Fsp3) is 0.273. The molecule has 1 aliphatic rings. The minimum absolute atomic E-state index is 0.272. The summed E-state index contributed by atoms with van der Waals surface area (Å²) in [4.78, 5) is 4.24. The molecule has 0 fully saturated rings. The Morgan fingerprint density at radius 1 is 1.33 bits per heavy atom. The van der Waals surface area contributed by atoms with Gasteiger partial charge in [0.15, 0.2) is 17.2 Å². The minimum atomic E-state index is -0.385. The van der Waals surface area contributed by atoms with E-state index in [9.17, 15) is 0 Å². The molecular weight excluding hydrogens is 252 g/mol. The summed E-state index contributed by atoms with van der Waals surface area (Å²) in [6.45, 7) is 0. The van der Waals surface area contributed by atoms with Crippen LogP contribution in [0.4, 0.5) is 0 Å². The summed E-state index contributed by atoms with van der Waals surface area (Å²) < 4.78 is 10.5. The van der Waals surface area contributed by atoms with Crippen LogP contribution in [0.15, 0.2) is 23.2 Å². The number of nitrogens with one attached hydrogen (secondary N) is 2. The molecule has 0 spiro atoms. The molecule has 0 amide bonds. The quantitative estimate of drug-likeness (QED) is 0.691. The Balaban J connectivity index is 2.42. The maximum atomic E-state index is 5.65. The van der Waals surface area contributed by atoms with Crippen molar-refractivity contribution in [2.45, 2.75) is 6.17 Å². The van der Waals surface area contributed by atoms with Crippen molar-refractivity contribution < 1.29 is 9.47 Å². The first-order valence-corrected chi connectivity index (χ1v) is 5.67. The van der Waals surface area contributed by atoms with Gasteiger partial charge in [0, 0.05) is 5.56 Å². The van der Waals surface area contributed by atoms with Crippen LogP contribution in [0.5, 0.6) is 11.5 Å². The molecule has 1 aliphatic heterocycles. The minimum Gasteiger partial charge on any atom is -0.497 e. The molecule has 7 heteroatoms. The van der Waals surface area contributed by atoms with E-state index in [1.54, 1.807) is 14.2 Å². The topological polar surface area (TPSA) is 80.9 Å². The van der Waals surface area contributed by atoms with Gasteiger partial charge in [-0.3, -0.25) is 0 Å². The number of hydrogen-bond acceptors (Lipinski definition) is 5. The van der Waals surface area contributed by atoms with Crippen molar-refractivity contribution in [3.8, 4) is 11.5 Å². The van der Waals surface area contributed by atoms with Crippen molar-refractivity contribution in [3.05, 3.63) is 23.8 Å². The van der Waals surface area contributed by atoms with Gasteiger partial charge in [-0.25, -0.2) is 4.99 Å². The number of rotatable bonds is 3. The predicted molar refractivity (Wildman–Crippen MR) is 72.8 cm³/mol. The fourth-order valence-corrected chi connectivity index (χ4v) is 1.90. The molecule has 2 rings (SSSR count). The normalized spacial score (nSPS) is 18.4. The molecule has 1 aromatic rings. The van der Waals surface area contributed by atoms with Crippen molar-refractivity contribution in [1.82, 2.24) is 10.6 Å². The van der Waals surface area contributed by atoms with Gasteiger partial charge in [-0.2, -0.15) is 0 Å². The van der Waals surface area contributed by atoms with E-state index >= 15 is 0 Å². The summed E-state index contributed by atoms with van der Waals surface area (Å²) in [5, 5.41) is 6.16. The van der Waals surface area contributed by atoms with Gasteiger partial charge in [0.25, 0.3) is 0 Å². The molecule has 96 valence electrons. The first-order chi connectivity index (χ1) is 8.63. The third-order valence-corrected chi connectivity index (χ3v) is 2.73. The van der Waals surface area contributed by atoms with Gasteiger partial charge in [0.1, 0.15) is 11.5 Å². The monoisotopic (exact) mass is 266 g/mol. The number of hydrogen-bond donors (Lipinski definition) is 3. The molecule has 0 bridgehead atoms. The zero-order valence-electron chi connectivity index (χ0n) is 10.1. The molecule has 0 aliphatic carbocycles. The van der Waals surface area contributed by atoms with Crippen molar-refractivity contribution in [3.63, 3.8) is 0 Å². The van der Waals surface area contributed by atoms with Crippen LogP contribution in [0.1, 0.15) is 11.7 Å². The van der Waals surface area contributed by atoms with E-state index in [-0.39, 0.29) is 12.1 Å². The van der Waals surface area contributed by atoms with Gasteiger partial charge < -0.3 is 25.8 Å². The molecule has 1 atom stereocenters.